The molecule has 0 aromatic heterocycles. The first-order valence-corrected chi connectivity index (χ1v) is 6.12. The number of benzene rings is 1. The quantitative estimate of drug-likeness (QED) is 0.890. The van der Waals surface area contributed by atoms with Crippen LogP contribution in [0.25, 0.3) is 0 Å². The van der Waals surface area contributed by atoms with Crippen LogP contribution in [0, 0.1) is 0 Å². The molecule has 2 rings (SSSR count). The molecule has 0 radical (unpaired) electrons. The van der Waals surface area contributed by atoms with Gasteiger partial charge in [-0.05, 0) is 34.0 Å². The minimum absolute atomic E-state index is 0.0532. The largest absolute Gasteiger partial charge is 0.324 e. The summed E-state index contributed by atoms with van der Waals surface area (Å²) in [6.07, 6.45) is 3.18. The lowest BCUT2D eigenvalue weighted by Crippen LogP contribution is -2.11. The first kappa shape index (κ1) is 10.7. The van der Waals surface area contributed by atoms with Gasteiger partial charge < -0.3 is 5.32 Å². The van der Waals surface area contributed by atoms with Crippen LogP contribution in [-0.2, 0) is 4.79 Å². The number of anilines is 1. The van der Waals surface area contributed by atoms with Gasteiger partial charge in [-0.3, -0.25) is 4.79 Å². The third kappa shape index (κ3) is 1.93. The van der Waals surface area contributed by atoms with Gasteiger partial charge in [-0.2, -0.15) is 0 Å². The van der Waals surface area contributed by atoms with Gasteiger partial charge in [0.25, 0.3) is 0 Å². The van der Waals surface area contributed by atoms with Crippen LogP contribution in [0.1, 0.15) is 37.7 Å². The molecular weight excluding hydrogens is 254 g/mol. The van der Waals surface area contributed by atoms with Crippen molar-refractivity contribution in [3.05, 3.63) is 28.2 Å². The van der Waals surface area contributed by atoms with E-state index in [4.69, 9.17) is 0 Å². The molecule has 80 valence electrons. The van der Waals surface area contributed by atoms with Crippen LogP contribution in [0.15, 0.2) is 22.7 Å². The van der Waals surface area contributed by atoms with Crippen molar-refractivity contribution in [1.82, 2.24) is 0 Å². The molecule has 0 fully saturated rings. The Morgan fingerprint density at radius 2 is 2.27 bits per heavy atom. The number of nitrogens with one attached hydrogen (secondary N) is 1. The average molecular weight is 268 g/mol. The molecule has 1 unspecified atom stereocenters. The predicted molar refractivity (Wildman–Crippen MR) is 65.0 cm³/mol. The number of hydrogen-bond acceptors (Lipinski definition) is 1. The number of unbranched alkanes of at least 4 members (excludes halogenated alkanes) is 1. The molecule has 0 saturated heterocycles. The number of amides is 1. The summed E-state index contributed by atoms with van der Waals surface area (Å²) in [5.41, 5.74) is 2.10. The minimum Gasteiger partial charge on any atom is -0.324 e. The molecule has 1 aromatic rings. The van der Waals surface area contributed by atoms with Crippen LogP contribution < -0.4 is 5.32 Å². The highest BCUT2D eigenvalue weighted by atomic mass is 79.9. The molecule has 2 nitrogen and oxygen atoms in total. The number of halogens is 1. The summed E-state index contributed by atoms with van der Waals surface area (Å²) >= 11 is 3.46. The van der Waals surface area contributed by atoms with Gasteiger partial charge in [0.2, 0.25) is 5.91 Å². The number of para-hydroxylation sites is 1. The molecule has 1 N–H and O–H groups in total. The molecule has 1 heterocycles. The number of carbonyl (C=O) groups excluding carboxylic acids is 1. The lowest BCUT2D eigenvalue weighted by molar-refractivity contribution is -0.117. The number of fused-ring (bicyclic) bond motifs is 1. The Morgan fingerprint density at radius 1 is 1.47 bits per heavy atom. The zero-order valence-electron chi connectivity index (χ0n) is 8.72. The first-order chi connectivity index (χ1) is 7.24. The Morgan fingerprint density at radius 3 is 3.00 bits per heavy atom. The van der Waals surface area contributed by atoms with Crippen molar-refractivity contribution in [3.63, 3.8) is 0 Å². The zero-order chi connectivity index (χ0) is 10.8. The molecule has 1 amide bonds. The molecule has 1 aliphatic rings. The van der Waals surface area contributed by atoms with E-state index in [1.165, 1.54) is 0 Å². The minimum atomic E-state index is 0.0532. The molecule has 0 aliphatic carbocycles. The van der Waals surface area contributed by atoms with Crippen LogP contribution >= 0.6 is 15.9 Å². The van der Waals surface area contributed by atoms with E-state index in [9.17, 15) is 4.79 Å². The van der Waals surface area contributed by atoms with Crippen LogP contribution in [0.4, 0.5) is 5.69 Å². The van der Waals surface area contributed by atoms with Crippen molar-refractivity contribution in [1.29, 1.82) is 0 Å². The maximum atomic E-state index is 11.8. The summed E-state index contributed by atoms with van der Waals surface area (Å²) in [6, 6.07) is 5.99. The van der Waals surface area contributed by atoms with E-state index in [2.05, 4.69) is 28.2 Å². The fraction of sp³-hybridized carbons (Fsp3) is 0.417. The second-order valence-electron chi connectivity index (χ2n) is 3.89. The average Bonchev–Trinajstić information content (AvgIpc) is 2.54. The Balaban J connectivity index is 2.29. The van der Waals surface area contributed by atoms with E-state index in [-0.39, 0.29) is 11.8 Å². The Kier molecular flexibility index (Phi) is 3.10. The van der Waals surface area contributed by atoms with Crippen molar-refractivity contribution < 1.29 is 4.79 Å². The third-order valence-electron chi connectivity index (χ3n) is 2.83. The van der Waals surface area contributed by atoms with Crippen LogP contribution in [0.5, 0.6) is 0 Å². The molecule has 1 aliphatic heterocycles. The van der Waals surface area contributed by atoms with Gasteiger partial charge >= 0.3 is 0 Å². The highest BCUT2D eigenvalue weighted by Gasteiger charge is 2.30. The van der Waals surface area contributed by atoms with Crippen molar-refractivity contribution in [2.45, 2.75) is 32.1 Å². The summed E-state index contributed by atoms with van der Waals surface area (Å²) in [7, 11) is 0. The van der Waals surface area contributed by atoms with Gasteiger partial charge in [0.15, 0.2) is 0 Å². The van der Waals surface area contributed by atoms with Gasteiger partial charge in [0.05, 0.1) is 11.6 Å². The first-order valence-electron chi connectivity index (χ1n) is 5.33. The van der Waals surface area contributed by atoms with Crippen molar-refractivity contribution in [2.75, 3.05) is 5.32 Å². The topological polar surface area (TPSA) is 29.1 Å². The fourth-order valence-corrected chi connectivity index (χ4v) is 2.49. The van der Waals surface area contributed by atoms with E-state index in [0.717, 1.165) is 35.0 Å². The van der Waals surface area contributed by atoms with E-state index in [1.54, 1.807) is 0 Å². The number of hydrogen-bond donors (Lipinski definition) is 1. The summed E-state index contributed by atoms with van der Waals surface area (Å²) in [6.45, 7) is 2.15. The van der Waals surface area contributed by atoms with Crippen molar-refractivity contribution >= 4 is 27.5 Å². The second-order valence-corrected chi connectivity index (χ2v) is 4.74. The second kappa shape index (κ2) is 4.35. The standard InChI is InChI=1S/C12H14BrNO/c1-2-3-5-9-8-6-4-7-10(13)11(8)14-12(9)15/h4,6-7,9H,2-3,5H2,1H3,(H,14,15). The summed E-state index contributed by atoms with van der Waals surface area (Å²) < 4.78 is 0.979. The Hall–Kier alpha value is -0.830. The lowest BCUT2D eigenvalue weighted by atomic mass is 9.95. The van der Waals surface area contributed by atoms with Gasteiger partial charge in [0.1, 0.15) is 0 Å². The molecule has 3 heteroatoms. The molecule has 1 aromatic carbocycles. The van der Waals surface area contributed by atoms with Crippen molar-refractivity contribution in [3.8, 4) is 0 Å². The normalized spacial score (nSPS) is 18.8. The maximum Gasteiger partial charge on any atom is 0.232 e. The maximum absolute atomic E-state index is 11.8. The van der Waals surface area contributed by atoms with Gasteiger partial charge in [-0.1, -0.05) is 31.9 Å². The molecule has 0 spiro atoms. The SMILES string of the molecule is CCCCC1C(=O)Nc2c(Br)cccc21. The summed E-state index contributed by atoms with van der Waals surface area (Å²) in [5, 5.41) is 2.94. The number of rotatable bonds is 3. The molecule has 0 saturated carbocycles. The van der Waals surface area contributed by atoms with Gasteiger partial charge in [-0.15, -0.1) is 0 Å². The van der Waals surface area contributed by atoms with Crippen LogP contribution in [0.2, 0.25) is 0 Å². The van der Waals surface area contributed by atoms with Gasteiger partial charge in [-0.25, -0.2) is 0 Å². The van der Waals surface area contributed by atoms with E-state index in [1.807, 2.05) is 18.2 Å². The molecular formula is C12H14BrNO. The highest BCUT2D eigenvalue weighted by molar-refractivity contribution is 9.10. The zero-order valence-corrected chi connectivity index (χ0v) is 10.3. The van der Waals surface area contributed by atoms with Crippen LogP contribution in [-0.4, -0.2) is 5.91 Å². The van der Waals surface area contributed by atoms with Crippen LogP contribution in [0.3, 0.4) is 0 Å². The molecule has 1 atom stereocenters. The molecule has 15 heavy (non-hydrogen) atoms. The summed E-state index contributed by atoms with van der Waals surface area (Å²) in [5.74, 6) is 0.197. The fourth-order valence-electron chi connectivity index (χ4n) is 2.01. The Labute approximate surface area is 98.2 Å². The number of carbonyl (C=O) groups is 1. The smallest absolute Gasteiger partial charge is 0.232 e. The third-order valence-corrected chi connectivity index (χ3v) is 3.49. The van der Waals surface area contributed by atoms with Crippen molar-refractivity contribution in [2.24, 2.45) is 0 Å². The predicted octanol–water partition coefficient (Wildman–Crippen LogP) is 3.68. The highest BCUT2D eigenvalue weighted by Crippen LogP contribution is 2.39. The lowest BCUT2D eigenvalue weighted by Gasteiger charge is -2.07. The summed E-state index contributed by atoms with van der Waals surface area (Å²) in [4.78, 5) is 11.8. The van der Waals surface area contributed by atoms with E-state index in [0.29, 0.717) is 0 Å². The van der Waals surface area contributed by atoms with E-state index < -0.39 is 0 Å². The monoisotopic (exact) mass is 267 g/mol. The molecule has 0 bridgehead atoms. The van der Waals surface area contributed by atoms with Gasteiger partial charge in [0, 0.05) is 4.47 Å². The van der Waals surface area contributed by atoms with E-state index >= 15 is 0 Å². The Bertz CT molecular complexity index is 389.